The van der Waals surface area contributed by atoms with E-state index in [4.69, 9.17) is 14.6 Å². The molecular formula is C9H18N2O5. The predicted octanol–water partition coefficient (Wildman–Crippen LogP) is 0.694. The van der Waals surface area contributed by atoms with Crippen LogP contribution in [0.4, 0.5) is 0 Å². The Morgan fingerprint density at radius 2 is 1.69 bits per heavy atom. The van der Waals surface area contributed by atoms with E-state index in [1.807, 2.05) is 0 Å². The fourth-order valence-corrected chi connectivity index (χ4v) is 0.945. The normalized spacial score (nSPS) is 12.3. The van der Waals surface area contributed by atoms with Gasteiger partial charge in [0, 0.05) is 19.8 Å². The third kappa shape index (κ3) is 9.63. The van der Waals surface area contributed by atoms with Gasteiger partial charge in [0.25, 0.3) is 0 Å². The van der Waals surface area contributed by atoms with Gasteiger partial charge in [0.2, 0.25) is 0 Å². The molecule has 0 saturated carbocycles. The van der Waals surface area contributed by atoms with Gasteiger partial charge in [0.15, 0.2) is 0 Å². The molecule has 1 N–H and O–H groups in total. The minimum Gasteiger partial charge on any atom is -0.396 e. The van der Waals surface area contributed by atoms with E-state index in [9.17, 15) is 9.81 Å². The molecule has 0 bridgehead atoms. The number of hydrogen-bond donors (Lipinski definition) is 1. The topological polar surface area (TPSA) is 97.6 Å². The van der Waals surface area contributed by atoms with Crippen LogP contribution in [-0.4, -0.2) is 50.7 Å². The molecule has 1 atom stereocenters. The number of aliphatic hydroxyl groups excluding tert-OH is 1. The van der Waals surface area contributed by atoms with Gasteiger partial charge in [-0.25, -0.2) is 0 Å². The van der Waals surface area contributed by atoms with Crippen LogP contribution in [0.1, 0.15) is 12.8 Å². The van der Waals surface area contributed by atoms with E-state index in [2.05, 4.69) is 10.4 Å². The van der Waals surface area contributed by atoms with E-state index in [1.165, 1.54) is 0 Å². The molecule has 1 unspecified atom stereocenters. The Labute approximate surface area is 94.1 Å². The first-order valence-corrected chi connectivity index (χ1v) is 5.23. The Kier molecular flexibility index (Phi) is 11.5. The fraction of sp³-hybridized carbons (Fsp3) is 1.00. The Hall–Kier alpha value is -0.920. The first kappa shape index (κ1) is 15.1. The van der Waals surface area contributed by atoms with Gasteiger partial charge in [0.05, 0.1) is 19.8 Å². The largest absolute Gasteiger partial charge is 0.396 e. The standard InChI is InChI=1S/C9H18N2O5/c12-4-2-6-16-8-9(11-14)7-15-5-1-3-10-13/h9,12H,1-8H2. The molecule has 7 nitrogen and oxygen atoms in total. The molecule has 0 aliphatic rings. The first-order chi connectivity index (χ1) is 7.85. The van der Waals surface area contributed by atoms with Gasteiger partial charge in [-0.15, -0.1) is 0 Å². The highest BCUT2D eigenvalue weighted by atomic mass is 16.5. The van der Waals surface area contributed by atoms with E-state index in [0.29, 0.717) is 26.1 Å². The van der Waals surface area contributed by atoms with Crippen molar-refractivity contribution < 1.29 is 14.6 Å². The molecule has 0 spiro atoms. The van der Waals surface area contributed by atoms with Gasteiger partial charge in [-0.3, -0.25) is 0 Å². The highest BCUT2D eigenvalue weighted by Crippen LogP contribution is 1.96. The van der Waals surface area contributed by atoms with Crippen molar-refractivity contribution in [3.05, 3.63) is 9.81 Å². The average molecular weight is 234 g/mol. The zero-order chi connectivity index (χ0) is 12.1. The maximum absolute atomic E-state index is 10.4. The molecule has 0 amide bonds. The minimum absolute atomic E-state index is 0.0639. The van der Waals surface area contributed by atoms with Crippen molar-refractivity contribution >= 4 is 0 Å². The van der Waals surface area contributed by atoms with E-state index >= 15 is 0 Å². The smallest absolute Gasteiger partial charge is 0.138 e. The van der Waals surface area contributed by atoms with Crippen molar-refractivity contribution in [1.82, 2.24) is 0 Å². The van der Waals surface area contributed by atoms with Gasteiger partial charge in [-0.05, 0) is 12.8 Å². The van der Waals surface area contributed by atoms with Crippen LogP contribution in [0.3, 0.4) is 0 Å². The molecule has 0 aliphatic heterocycles. The molecule has 0 rings (SSSR count). The maximum Gasteiger partial charge on any atom is 0.138 e. The average Bonchev–Trinajstić information content (AvgIpc) is 2.31. The van der Waals surface area contributed by atoms with Crippen LogP contribution < -0.4 is 0 Å². The number of nitroso groups, excluding NO2 is 2. The fourth-order valence-electron chi connectivity index (χ4n) is 0.945. The predicted molar refractivity (Wildman–Crippen MR) is 58.2 cm³/mol. The number of nitrogens with zero attached hydrogens (tertiary/aromatic N) is 2. The molecule has 7 heteroatoms. The highest BCUT2D eigenvalue weighted by molar-refractivity contribution is 4.63. The molecule has 0 aliphatic carbocycles. The van der Waals surface area contributed by atoms with E-state index in [-0.39, 0.29) is 26.4 Å². The highest BCUT2D eigenvalue weighted by Gasteiger charge is 2.08. The summed E-state index contributed by atoms with van der Waals surface area (Å²) in [6.07, 6.45) is 1.08. The lowest BCUT2D eigenvalue weighted by Crippen LogP contribution is -2.20. The molecule has 0 fully saturated rings. The lowest BCUT2D eigenvalue weighted by Gasteiger charge is -2.09. The third-order valence-electron chi connectivity index (χ3n) is 1.75. The Morgan fingerprint density at radius 1 is 1.06 bits per heavy atom. The van der Waals surface area contributed by atoms with Crippen LogP contribution >= 0.6 is 0 Å². The zero-order valence-electron chi connectivity index (χ0n) is 9.21. The molecular weight excluding hydrogens is 216 g/mol. The third-order valence-corrected chi connectivity index (χ3v) is 1.75. The first-order valence-electron chi connectivity index (χ1n) is 5.23. The van der Waals surface area contributed by atoms with Crippen molar-refractivity contribution in [3.63, 3.8) is 0 Å². The maximum atomic E-state index is 10.4. The van der Waals surface area contributed by atoms with Crippen LogP contribution in [0.15, 0.2) is 10.4 Å². The molecule has 0 aromatic carbocycles. The second-order valence-electron chi connectivity index (χ2n) is 3.19. The zero-order valence-corrected chi connectivity index (χ0v) is 9.21. The number of hydrogen-bond acceptors (Lipinski definition) is 7. The monoisotopic (exact) mass is 234 g/mol. The van der Waals surface area contributed by atoms with Crippen LogP contribution in [0.2, 0.25) is 0 Å². The second kappa shape index (κ2) is 12.2. The summed E-state index contributed by atoms with van der Waals surface area (Å²) in [5.74, 6) is 0. The Balaban J connectivity index is 3.36. The SMILES string of the molecule is O=NCCCOCC(COCCCO)N=O. The van der Waals surface area contributed by atoms with Gasteiger partial charge in [-0.1, -0.05) is 10.4 Å². The molecule has 94 valence electrons. The minimum atomic E-state index is -0.539. The van der Waals surface area contributed by atoms with Crippen LogP contribution in [-0.2, 0) is 9.47 Å². The number of aliphatic hydroxyl groups is 1. The summed E-state index contributed by atoms with van der Waals surface area (Å²) in [5.41, 5.74) is 0. The van der Waals surface area contributed by atoms with E-state index in [0.717, 1.165) is 0 Å². The summed E-state index contributed by atoms with van der Waals surface area (Å²) in [7, 11) is 0. The van der Waals surface area contributed by atoms with Gasteiger partial charge in [0.1, 0.15) is 6.04 Å². The summed E-state index contributed by atoms with van der Waals surface area (Å²) in [5, 5.41) is 14.0. The molecule has 16 heavy (non-hydrogen) atoms. The molecule has 0 radical (unpaired) electrons. The van der Waals surface area contributed by atoms with Crippen LogP contribution in [0, 0.1) is 9.81 Å². The van der Waals surface area contributed by atoms with E-state index < -0.39 is 6.04 Å². The Morgan fingerprint density at radius 3 is 2.19 bits per heavy atom. The summed E-state index contributed by atoms with van der Waals surface area (Å²) in [6.45, 7) is 1.43. The van der Waals surface area contributed by atoms with Crippen LogP contribution in [0.25, 0.3) is 0 Å². The number of ether oxygens (including phenoxy) is 2. The second-order valence-corrected chi connectivity index (χ2v) is 3.19. The summed E-state index contributed by atoms with van der Waals surface area (Å²) >= 11 is 0. The molecule has 0 saturated heterocycles. The van der Waals surface area contributed by atoms with Gasteiger partial charge >= 0.3 is 0 Å². The van der Waals surface area contributed by atoms with Crippen LogP contribution in [0.5, 0.6) is 0 Å². The lowest BCUT2D eigenvalue weighted by atomic mass is 10.3. The van der Waals surface area contributed by atoms with Crippen molar-refractivity contribution in [2.45, 2.75) is 18.9 Å². The van der Waals surface area contributed by atoms with Crippen molar-refractivity contribution in [2.75, 3.05) is 39.6 Å². The summed E-state index contributed by atoms with van der Waals surface area (Å²) in [4.78, 5) is 20.1. The molecule has 0 aromatic heterocycles. The lowest BCUT2D eigenvalue weighted by molar-refractivity contribution is 0.0618. The van der Waals surface area contributed by atoms with Gasteiger partial charge in [-0.2, -0.15) is 9.81 Å². The molecule has 0 heterocycles. The quantitative estimate of drug-likeness (QED) is 0.396. The summed E-state index contributed by atoms with van der Waals surface area (Å²) < 4.78 is 10.2. The van der Waals surface area contributed by atoms with Crippen molar-refractivity contribution in [3.8, 4) is 0 Å². The van der Waals surface area contributed by atoms with Gasteiger partial charge < -0.3 is 14.6 Å². The molecule has 0 aromatic rings. The van der Waals surface area contributed by atoms with Crippen molar-refractivity contribution in [1.29, 1.82) is 0 Å². The number of rotatable bonds is 12. The summed E-state index contributed by atoms with van der Waals surface area (Å²) in [6, 6.07) is -0.539. The van der Waals surface area contributed by atoms with E-state index in [1.54, 1.807) is 0 Å². The Bertz CT molecular complexity index is 179. The van der Waals surface area contributed by atoms with Crippen molar-refractivity contribution in [2.24, 2.45) is 10.4 Å².